The monoisotopic (exact) mass is 252 g/mol. The minimum atomic E-state index is 0.418. The summed E-state index contributed by atoms with van der Waals surface area (Å²) in [5, 5.41) is 3.30. The van der Waals surface area contributed by atoms with Crippen LogP contribution < -0.4 is 10.1 Å². The average molecular weight is 252 g/mol. The maximum atomic E-state index is 5.63. The Morgan fingerprint density at radius 2 is 2.17 bits per heavy atom. The van der Waals surface area contributed by atoms with E-state index in [9.17, 15) is 0 Å². The first-order chi connectivity index (χ1) is 8.74. The number of ether oxygens (including phenoxy) is 1. The number of aromatic nitrogens is 1. The summed E-state index contributed by atoms with van der Waals surface area (Å²) in [6, 6.07) is 0.452. The normalized spacial score (nSPS) is 17.3. The van der Waals surface area contributed by atoms with Crippen LogP contribution in [0.1, 0.15) is 51.6 Å². The molecule has 0 aromatic carbocycles. The van der Waals surface area contributed by atoms with Crippen LogP contribution in [-0.4, -0.2) is 17.6 Å². The molecule has 1 saturated carbocycles. The predicted molar refractivity (Wildman–Crippen MR) is 70.5 cm³/mol. The summed E-state index contributed by atoms with van der Waals surface area (Å²) in [6.07, 6.45) is 8.70. The highest BCUT2D eigenvalue weighted by molar-refractivity contribution is 4.99. The largest absolute Gasteiger partial charge is 0.450 e. The van der Waals surface area contributed by atoms with Crippen LogP contribution in [0.15, 0.2) is 10.7 Å². The van der Waals surface area contributed by atoms with Gasteiger partial charge in [0.25, 0.3) is 0 Å². The topological polar surface area (TPSA) is 47.3 Å². The quantitative estimate of drug-likeness (QED) is 0.845. The van der Waals surface area contributed by atoms with Crippen LogP contribution in [0.25, 0.3) is 0 Å². The van der Waals surface area contributed by atoms with Crippen LogP contribution in [0, 0.1) is 5.92 Å². The fraction of sp³-hybridized carbons (Fsp3) is 0.786. The SMILES string of the molecule is CC(C)NCc1coc(OCC2CCCCC2)n1. The molecule has 18 heavy (non-hydrogen) atoms. The Bertz CT molecular complexity index is 343. The highest BCUT2D eigenvalue weighted by atomic mass is 16.6. The Hall–Kier alpha value is -1.03. The lowest BCUT2D eigenvalue weighted by Crippen LogP contribution is -2.22. The molecular weight excluding hydrogens is 228 g/mol. The van der Waals surface area contributed by atoms with Crippen LogP contribution in [0.4, 0.5) is 0 Å². The van der Waals surface area contributed by atoms with Crippen LogP contribution in [-0.2, 0) is 6.54 Å². The summed E-state index contributed by atoms with van der Waals surface area (Å²) in [5.41, 5.74) is 0.905. The number of hydrogen-bond acceptors (Lipinski definition) is 4. The van der Waals surface area contributed by atoms with E-state index in [-0.39, 0.29) is 0 Å². The molecule has 1 heterocycles. The Balaban J connectivity index is 1.72. The van der Waals surface area contributed by atoms with Gasteiger partial charge in [-0.25, -0.2) is 0 Å². The van der Waals surface area contributed by atoms with Gasteiger partial charge >= 0.3 is 6.08 Å². The lowest BCUT2D eigenvalue weighted by atomic mass is 9.90. The number of nitrogens with zero attached hydrogens (tertiary/aromatic N) is 1. The van der Waals surface area contributed by atoms with E-state index >= 15 is 0 Å². The van der Waals surface area contributed by atoms with Crippen molar-refractivity contribution in [1.82, 2.24) is 10.3 Å². The van der Waals surface area contributed by atoms with E-state index in [1.165, 1.54) is 32.1 Å². The zero-order valence-corrected chi connectivity index (χ0v) is 11.4. The van der Waals surface area contributed by atoms with Crippen molar-refractivity contribution in [2.75, 3.05) is 6.61 Å². The van der Waals surface area contributed by atoms with Gasteiger partial charge in [0.1, 0.15) is 6.26 Å². The number of hydrogen-bond donors (Lipinski definition) is 1. The van der Waals surface area contributed by atoms with E-state index in [1.54, 1.807) is 6.26 Å². The van der Waals surface area contributed by atoms with Crippen LogP contribution >= 0.6 is 0 Å². The van der Waals surface area contributed by atoms with E-state index in [4.69, 9.17) is 9.15 Å². The zero-order chi connectivity index (χ0) is 12.8. The maximum absolute atomic E-state index is 5.63. The Kier molecular flexibility index (Phi) is 5.05. The number of oxazole rings is 1. The van der Waals surface area contributed by atoms with Gasteiger partial charge in [0.05, 0.1) is 12.3 Å². The van der Waals surface area contributed by atoms with Crippen molar-refractivity contribution in [2.24, 2.45) is 5.92 Å². The molecule has 1 fully saturated rings. The van der Waals surface area contributed by atoms with E-state index in [2.05, 4.69) is 24.1 Å². The van der Waals surface area contributed by atoms with E-state index in [0.717, 1.165) is 18.8 Å². The van der Waals surface area contributed by atoms with Gasteiger partial charge in [-0.1, -0.05) is 33.1 Å². The van der Waals surface area contributed by atoms with Crippen molar-refractivity contribution in [1.29, 1.82) is 0 Å². The van der Waals surface area contributed by atoms with Gasteiger partial charge in [0.15, 0.2) is 0 Å². The first kappa shape index (κ1) is 13.4. The molecule has 0 aliphatic heterocycles. The van der Waals surface area contributed by atoms with Gasteiger partial charge in [-0.2, -0.15) is 4.98 Å². The van der Waals surface area contributed by atoms with Crippen molar-refractivity contribution >= 4 is 0 Å². The molecule has 102 valence electrons. The molecule has 2 rings (SSSR count). The molecule has 1 aliphatic carbocycles. The molecule has 1 aromatic heterocycles. The average Bonchev–Trinajstić information content (AvgIpc) is 2.83. The van der Waals surface area contributed by atoms with Crippen molar-refractivity contribution in [3.63, 3.8) is 0 Å². The molecule has 1 N–H and O–H groups in total. The Labute approximate surface area is 109 Å². The highest BCUT2D eigenvalue weighted by Gasteiger charge is 2.15. The third-order valence-corrected chi connectivity index (χ3v) is 3.39. The minimum absolute atomic E-state index is 0.418. The van der Waals surface area contributed by atoms with Gasteiger partial charge in [-0.3, -0.25) is 0 Å². The number of nitrogens with one attached hydrogen (secondary N) is 1. The second-order valence-electron chi connectivity index (χ2n) is 5.46. The van der Waals surface area contributed by atoms with E-state index < -0.39 is 0 Å². The molecule has 0 saturated heterocycles. The molecule has 0 amide bonds. The smallest absolute Gasteiger partial charge is 0.393 e. The second-order valence-corrected chi connectivity index (χ2v) is 5.46. The summed E-state index contributed by atoms with van der Waals surface area (Å²) in [7, 11) is 0. The third-order valence-electron chi connectivity index (χ3n) is 3.39. The standard InChI is InChI=1S/C14H24N2O2/c1-11(2)15-8-13-10-18-14(16-13)17-9-12-6-4-3-5-7-12/h10-12,15H,3-9H2,1-2H3. The van der Waals surface area contributed by atoms with Gasteiger partial charge < -0.3 is 14.5 Å². The third kappa shape index (κ3) is 4.33. The highest BCUT2D eigenvalue weighted by Crippen LogP contribution is 2.24. The molecule has 0 bridgehead atoms. The summed E-state index contributed by atoms with van der Waals surface area (Å²) in [4.78, 5) is 4.32. The fourth-order valence-corrected chi connectivity index (χ4v) is 2.29. The van der Waals surface area contributed by atoms with Gasteiger partial charge in [0, 0.05) is 12.6 Å². The van der Waals surface area contributed by atoms with Crippen molar-refractivity contribution in [2.45, 2.75) is 58.5 Å². The fourth-order valence-electron chi connectivity index (χ4n) is 2.29. The minimum Gasteiger partial charge on any atom is -0.450 e. The van der Waals surface area contributed by atoms with E-state index in [0.29, 0.717) is 18.0 Å². The molecule has 0 atom stereocenters. The molecular formula is C14H24N2O2. The van der Waals surface area contributed by atoms with Crippen LogP contribution in [0.2, 0.25) is 0 Å². The molecule has 4 heteroatoms. The zero-order valence-electron chi connectivity index (χ0n) is 11.4. The molecule has 0 radical (unpaired) electrons. The molecule has 0 spiro atoms. The Morgan fingerprint density at radius 3 is 2.89 bits per heavy atom. The predicted octanol–water partition coefficient (Wildman–Crippen LogP) is 3.13. The maximum Gasteiger partial charge on any atom is 0.393 e. The number of rotatable bonds is 6. The lowest BCUT2D eigenvalue weighted by Gasteiger charge is -2.20. The molecule has 1 aliphatic rings. The Morgan fingerprint density at radius 1 is 1.39 bits per heavy atom. The first-order valence-corrected chi connectivity index (χ1v) is 7.04. The summed E-state index contributed by atoms with van der Waals surface area (Å²) in [5.74, 6) is 0.683. The van der Waals surface area contributed by atoms with Crippen molar-refractivity contribution < 1.29 is 9.15 Å². The van der Waals surface area contributed by atoms with Gasteiger partial charge in [0.2, 0.25) is 0 Å². The van der Waals surface area contributed by atoms with E-state index in [1.807, 2.05) is 0 Å². The molecule has 1 aromatic rings. The summed E-state index contributed by atoms with van der Waals surface area (Å²) < 4.78 is 10.9. The molecule has 0 unspecified atom stereocenters. The first-order valence-electron chi connectivity index (χ1n) is 7.04. The second kappa shape index (κ2) is 6.78. The van der Waals surface area contributed by atoms with Gasteiger partial charge in [-0.15, -0.1) is 0 Å². The summed E-state index contributed by atoms with van der Waals surface area (Å²) >= 11 is 0. The molecule has 4 nitrogen and oxygen atoms in total. The van der Waals surface area contributed by atoms with Crippen LogP contribution in [0.3, 0.4) is 0 Å². The van der Waals surface area contributed by atoms with Crippen molar-refractivity contribution in [3.05, 3.63) is 12.0 Å². The van der Waals surface area contributed by atoms with Crippen molar-refractivity contribution in [3.8, 4) is 6.08 Å². The van der Waals surface area contributed by atoms with Gasteiger partial charge in [-0.05, 0) is 18.8 Å². The lowest BCUT2D eigenvalue weighted by molar-refractivity contribution is 0.165. The summed E-state index contributed by atoms with van der Waals surface area (Å²) in [6.45, 7) is 5.70. The van der Waals surface area contributed by atoms with Crippen LogP contribution in [0.5, 0.6) is 6.08 Å².